The maximum Gasteiger partial charge on any atom is 0.230 e. The molecule has 0 amide bonds. The molecule has 7 N–H and O–H groups in total. The zero-order chi connectivity index (χ0) is 49.0. The molecule has 0 saturated carbocycles. The molecular formula is C50H54Br2O12. The number of carbonyl (C=O) groups is 5. The van der Waals surface area contributed by atoms with Crippen molar-refractivity contribution in [2.24, 2.45) is 0 Å². The number of hydrogen-bond donors (Lipinski definition) is 7. The van der Waals surface area contributed by atoms with Gasteiger partial charge in [-0.05, 0) is 5.92 Å². The second kappa shape index (κ2) is 63.8. The van der Waals surface area contributed by atoms with Crippen molar-refractivity contribution in [1.82, 2.24) is 0 Å². The minimum Gasteiger partial charge on any atom is -0.389 e. The van der Waals surface area contributed by atoms with Crippen LogP contribution in [0.15, 0.2) is 0 Å². The van der Waals surface area contributed by atoms with Gasteiger partial charge in [-0.25, -0.2) is 0 Å². The van der Waals surface area contributed by atoms with Crippen molar-refractivity contribution in [1.29, 1.82) is 0 Å². The van der Waals surface area contributed by atoms with E-state index in [0.717, 1.165) is 0 Å². The molecule has 0 spiro atoms. The summed E-state index contributed by atoms with van der Waals surface area (Å²) in [6.45, 7) is -2.47. The molecule has 12 nitrogen and oxygen atoms in total. The summed E-state index contributed by atoms with van der Waals surface area (Å²) < 4.78 is 0. The van der Waals surface area contributed by atoms with Crippen molar-refractivity contribution in [3.8, 4) is 131 Å². The Bertz CT molecular complexity index is 1960. The third-order valence-corrected chi connectivity index (χ3v) is 6.25. The van der Waals surface area contributed by atoms with E-state index in [1.165, 1.54) is 0 Å². The summed E-state index contributed by atoms with van der Waals surface area (Å²) >= 11 is 6.36. The molecule has 0 aliphatic carbocycles. The number of ketones is 5. The van der Waals surface area contributed by atoms with Crippen LogP contribution >= 0.6 is 31.9 Å². The number of aliphatic hydroxyl groups excluding tert-OH is 7. The Balaban J connectivity index is -0.000000231. The van der Waals surface area contributed by atoms with Crippen molar-refractivity contribution in [2.75, 3.05) is 56.9 Å². The fourth-order valence-corrected chi connectivity index (χ4v) is 3.14. The standard InChI is InChI=1S/C13H13BrO2.C13H14O3.C10H11BrO2.C8H8O3.C6H8O2/c2*14-11-9-7-5-3-1-2-4-6-8-10-13(16)12-15;11-8-6-4-2-1-3-5-7-10(13)9-12;9-6-4-2-1-3-5-8(11)7-10;1-2-3-4-6(8)5-7/h15H,2,5,8,10-12H2;14-15H,2,5,8,10-12H2;12H,2,5,7-9H2;9-10H,1,6-7H2;1,7H,3-5H2. The first-order valence-corrected chi connectivity index (χ1v) is 21.3. The van der Waals surface area contributed by atoms with Crippen molar-refractivity contribution in [2.45, 2.75) is 89.9 Å². The Kier molecular flexibility index (Phi) is 67.1. The van der Waals surface area contributed by atoms with Gasteiger partial charge in [0, 0.05) is 51.4 Å². The highest BCUT2D eigenvalue weighted by atomic mass is 79.9. The lowest BCUT2D eigenvalue weighted by Crippen LogP contribution is -2.01. The summed E-state index contributed by atoms with van der Waals surface area (Å²) in [5.74, 6) is 55.3. The van der Waals surface area contributed by atoms with E-state index in [2.05, 4.69) is 156 Å². The maximum absolute atomic E-state index is 10.7. The Labute approximate surface area is 396 Å². The molecule has 0 unspecified atom stereocenters. The van der Waals surface area contributed by atoms with Gasteiger partial charge in [0.2, 0.25) is 5.78 Å². The molecule has 0 rings (SSSR count). The topological polar surface area (TPSA) is 227 Å². The lowest BCUT2D eigenvalue weighted by atomic mass is 10.2. The van der Waals surface area contributed by atoms with Gasteiger partial charge in [-0.15, -0.1) is 30.1 Å². The summed E-state index contributed by atoms with van der Waals surface area (Å²) in [7, 11) is 0. The van der Waals surface area contributed by atoms with Crippen molar-refractivity contribution in [3.05, 3.63) is 0 Å². The van der Waals surface area contributed by atoms with Crippen LogP contribution in [0.5, 0.6) is 0 Å². The van der Waals surface area contributed by atoms with Gasteiger partial charge in [0.05, 0.1) is 49.2 Å². The number of Topliss-reactive ketones (excluding diaryl/α,β-unsaturated/α-hetero) is 5. The number of hydrogen-bond acceptors (Lipinski definition) is 12. The first kappa shape index (κ1) is 67.3. The van der Waals surface area contributed by atoms with Crippen molar-refractivity contribution < 1.29 is 59.7 Å². The minimum absolute atomic E-state index is 0.139. The van der Waals surface area contributed by atoms with Crippen LogP contribution in [0, 0.1) is 131 Å². The Morgan fingerprint density at radius 2 is 0.609 bits per heavy atom. The molecule has 0 aromatic carbocycles. The van der Waals surface area contributed by atoms with E-state index in [9.17, 15) is 24.0 Å². The second-order valence-corrected chi connectivity index (χ2v) is 11.8. The van der Waals surface area contributed by atoms with E-state index in [1.54, 1.807) is 0 Å². The molecule has 64 heavy (non-hydrogen) atoms. The SMILES string of the molecule is C#CCCC(=O)CO.O=C(C#CCC#CCO)CO.O=C(CO)CCC#CCC#CCBr.O=C(CO)CCC#CCC#CCC#CCBr.O=C(CO)CCC#CCC#CCC#CCO. The molecule has 0 aliphatic rings. The van der Waals surface area contributed by atoms with E-state index in [0.29, 0.717) is 94.1 Å². The summed E-state index contributed by atoms with van der Waals surface area (Å²) in [4.78, 5) is 52.5. The Morgan fingerprint density at radius 1 is 0.344 bits per heavy atom. The Hall–Kier alpha value is -5.81. The van der Waals surface area contributed by atoms with Crippen LogP contribution in [0.2, 0.25) is 0 Å². The number of terminal acetylenes is 1. The first-order chi connectivity index (χ1) is 31.0. The molecule has 0 atom stereocenters. The monoisotopic (exact) mass is 1000 g/mol. The fraction of sp³-hybridized carbons (Fsp3) is 0.460. The molecular weight excluding hydrogens is 952 g/mol. The number of aliphatic hydroxyl groups is 7. The molecule has 0 fully saturated rings. The molecule has 14 heteroatoms. The average molecular weight is 1010 g/mol. The smallest absolute Gasteiger partial charge is 0.230 e. The molecule has 0 saturated heterocycles. The molecule has 340 valence electrons. The van der Waals surface area contributed by atoms with Crippen molar-refractivity contribution in [3.63, 3.8) is 0 Å². The third kappa shape index (κ3) is 73.7. The predicted octanol–water partition coefficient (Wildman–Crippen LogP) is 1.64. The zero-order valence-corrected chi connectivity index (χ0v) is 38.9. The fourth-order valence-electron chi connectivity index (χ4n) is 2.74. The molecule has 0 aromatic rings. The Morgan fingerprint density at radius 3 is 0.875 bits per heavy atom. The summed E-state index contributed by atoms with van der Waals surface area (Å²) in [6, 6.07) is 0. The van der Waals surface area contributed by atoms with Crippen molar-refractivity contribution >= 4 is 60.8 Å². The zero-order valence-electron chi connectivity index (χ0n) is 35.8. The van der Waals surface area contributed by atoms with Gasteiger partial charge in [0.25, 0.3) is 0 Å². The first-order valence-electron chi connectivity index (χ1n) is 19.1. The quantitative estimate of drug-likeness (QED) is 0.0795. The molecule has 0 radical (unpaired) electrons. The van der Waals surface area contributed by atoms with Crippen LogP contribution in [0.3, 0.4) is 0 Å². The molecule has 0 aromatic heterocycles. The second-order valence-electron chi connectivity index (χ2n) is 10.7. The van der Waals surface area contributed by atoms with Gasteiger partial charge >= 0.3 is 0 Å². The third-order valence-electron chi connectivity index (χ3n) is 5.69. The van der Waals surface area contributed by atoms with Gasteiger partial charge in [0.15, 0.2) is 23.1 Å². The van der Waals surface area contributed by atoms with E-state index in [-0.39, 0.29) is 56.0 Å². The number of alkyl halides is 2. The minimum atomic E-state index is -0.555. The van der Waals surface area contributed by atoms with Crippen LogP contribution < -0.4 is 0 Å². The highest BCUT2D eigenvalue weighted by Crippen LogP contribution is 1.90. The van der Waals surface area contributed by atoms with Crippen LogP contribution in [0.1, 0.15) is 89.9 Å². The largest absolute Gasteiger partial charge is 0.389 e. The summed E-state index contributed by atoms with van der Waals surface area (Å²) in [5.41, 5.74) is 0. The number of carbonyl (C=O) groups excluding carboxylic acids is 5. The molecule has 0 aliphatic heterocycles. The van der Waals surface area contributed by atoms with Gasteiger partial charge < -0.3 is 35.7 Å². The summed E-state index contributed by atoms with van der Waals surface area (Å²) in [6.07, 6.45) is 10.7. The van der Waals surface area contributed by atoms with Crippen LogP contribution in [-0.4, -0.2) is 122 Å². The number of halogens is 2. The van der Waals surface area contributed by atoms with E-state index >= 15 is 0 Å². The maximum atomic E-state index is 10.7. The average Bonchev–Trinajstić information content (AvgIpc) is 3.31. The lowest BCUT2D eigenvalue weighted by molar-refractivity contribution is -0.122. The van der Waals surface area contributed by atoms with Crippen LogP contribution in [-0.2, 0) is 24.0 Å². The van der Waals surface area contributed by atoms with Gasteiger partial charge in [-0.3, -0.25) is 24.0 Å². The van der Waals surface area contributed by atoms with Crippen LogP contribution in [0.4, 0.5) is 0 Å². The van der Waals surface area contributed by atoms with E-state index in [1.807, 2.05) is 0 Å². The molecule has 0 heterocycles. The molecule has 0 bridgehead atoms. The van der Waals surface area contributed by atoms with E-state index in [4.69, 9.17) is 42.2 Å². The highest BCUT2D eigenvalue weighted by molar-refractivity contribution is 9.09. The van der Waals surface area contributed by atoms with Gasteiger partial charge in [-0.2, -0.15) is 0 Å². The summed E-state index contributed by atoms with van der Waals surface area (Å²) in [5, 5.41) is 59.5. The van der Waals surface area contributed by atoms with Gasteiger partial charge in [0.1, 0.15) is 46.2 Å². The highest BCUT2D eigenvalue weighted by Gasteiger charge is 1.97. The normalized spacial score (nSPS) is 7.62. The van der Waals surface area contributed by atoms with Gasteiger partial charge in [-0.1, -0.05) is 127 Å². The van der Waals surface area contributed by atoms with Crippen LogP contribution in [0.25, 0.3) is 0 Å². The van der Waals surface area contributed by atoms with E-state index < -0.39 is 25.6 Å². The lowest BCUT2D eigenvalue weighted by Gasteiger charge is -1.87. The number of rotatable bonds is 13. The predicted molar refractivity (Wildman–Crippen MR) is 253 cm³/mol.